The van der Waals surface area contributed by atoms with Crippen LogP contribution in [0.25, 0.3) is 0 Å². The van der Waals surface area contributed by atoms with Crippen molar-refractivity contribution in [2.75, 3.05) is 6.61 Å². The van der Waals surface area contributed by atoms with Gasteiger partial charge in [-0.25, -0.2) is 4.79 Å². The van der Waals surface area contributed by atoms with Gasteiger partial charge in [-0.2, -0.15) is 0 Å². The third-order valence-corrected chi connectivity index (χ3v) is 12.5. The lowest BCUT2D eigenvalue weighted by Crippen LogP contribution is -2.59. The molecule has 4 heterocycles. The molecule has 0 aromatic rings. The van der Waals surface area contributed by atoms with Crippen LogP contribution in [-0.4, -0.2) is 114 Å². The molecule has 3 saturated heterocycles. The Bertz CT molecular complexity index is 1220. The molecule has 0 aromatic carbocycles. The van der Waals surface area contributed by atoms with Gasteiger partial charge in [0.15, 0.2) is 11.6 Å². The summed E-state index contributed by atoms with van der Waals surface area (Å²) in [5.41, 5.74) is -3.48. The molecular weight excluding hydrogens is 672 g/mol. The summed E-state index contributed by atoms with van der Waals surface area (Å²) >= 11 is 0. The van der Waals surface area contributed by atoms with E-state index in [-0.39, 0.29) is 49.5 Å². The van der Waals surface area contributed by atoms with Crippen molar-refractivity contribution >= 4 is 5.97 Å². The Kier molecular flexibility index (Phi) is 14.6. The van der Waals surface area contributed by atoms with Crippen molar-refractivity contribution in [3.63, 3.8) is 0 Å². The Hall–Kier alpha value is -1.45. The fraction of sp³-hybridized carbons (Fsp3) is 0.875. The van der Waals surface area contributed by atoms with Crippen molar-refractivity contribution < 1.29 is 59.5 Å². The number of carbonyl (C=O) groups excluding carboxylic acids is 1. The predicted octanol–water partition coefficient (Wildman–Crippen LogP) is 3.65. The second-order valence-corrected chi connectivity index (χ2v) is 17.2. The van der Waals surface area contributed by atoms with Crippen LogP contribution in [0.4, 0.5) is 0 Å². The smallest absolute Gasteiger partial charge is 0.330 e. The van der Waals surface area contributed by atoms with Gasteiger partial charge in [-0.15, -0.1) is 0 Å². The molecule has 0 radical (unpaired) electrons. The van der Waals surface area contributed by atoms with Gasteiger partial charge in [-0.1, -0.05) is 46.8 Å². The van der Waals surface area contributed by atoms with Gasteiger partial charge in [0.05, 0.1) is 48.8 Å². The van der Waals surface area contributed by atoms with Gasteiger partial charge in [0.25, 0.3) is 0 Å². The van der Waals surface area contributed by atoms with Crippen LogP contribution in [0.3, 0.4) is 0 Å². The summed E-state index contributed by atoms with van der Waals surface area (Å²) in [6.45, 7) is 12.7. The molecule has 12 nitrogen and oxygen atoms in total. The topological polar surface area (TPSA) is 196 Å². The first-order chi connectivity index (χ1) is 24.2. The monoisotopic (exact) mass is 740 g/mol. The number of fused-ring (bicyclic) bond motifs is 3. The molecular formula is C40H68O12. The molecule has 0 unspecified atom stereocenters. The number of carbonyl (C=O) groups is 1. The van der Waals surface area contributed by atoms with E-state index in [2.05, 4.69) is 13.8 Å². The predicted molar refractivity (Wildman–Crippen MR) is 193 cm³/mol. The van der Waals surface area contributed by atoms with E-state index in [0.717, 1.165) is 18.6 Å². The first-order valence-corrected chi connectivity index (χ1v) is 19.7. The minimum atomic E-state index is -1.95. The lowest BCUT2D eigenvalue weighted by Gasteiger charge is -2.53. The maximum Gasteiger partial charge on any atom is 0.330 e. The average Bonchev–Trinajstić information content (AvgIpc) is 3.08. The molecule has 2 bridgehead atoms. The molecule has 12 heteroatoms. The molecule has 1 spiro atoms. The maximum atomic E-state index is 13.4. The zero-order chi connectivity index (χ0) is 38.6. The van der Waals surface area contributed by atoms with Gasteiger partial charge in [0.2, 0.25) is 0 Å². The van der Waals surface area contributed by atoms with Crippen LogP contribution in [0.15, 0.2) is 24.3 Å². The number of esters is 1. The third-order valence-electron chi connectivity index (χ3n) is 12.5. The van der Waals surface area contributed by atoms with Gasteiger partial charge in [0, 0.05) is 49.5 Å². The normalized spacial score (nSPS) is 49.4. The molecule has 16 atom stereocenters. The summed E-state index contributed by atoms with van der Waals surface area (Å²) in [5.74, 6) is -4.82. The number of rotatable bonds is 3. The van der Waals surface area contributed by atoms with Crippen LogP contribution < -0.4 is 0 Å². The molecule has 4 aliphatic heterocycles. The second-order valence-electron chi connectivity index (χ2n) is 17.2. The van der Waals surface area contributed by atoms with Crippen LogP contribution in [0.1, 0.15) is 119 Å². The summed E-state index contributed by atoms with van der Waals surface area (Å²) in [4.78, 5) is 13.4. The van der Waals surface area contributed by atoms with E-state index in [1.807, 2.05) is 26.0 Å². The first-order valence-electron chi connectivity index (χ1n) is 19.7. The molecule has 3 fully saturated rings. The lowest BCUT2D eigenvalue weighted by atomic mass is 9.77. The lowest BCUT2D eigenvalue weighted by molar-refractivity contribution is -0.362. The van der Waals surface area contributed by atoms with Crippen molar-refractivity contribution in [2.24, 2.45) is 29.6 Å². The Morgan fingerprint density at radius 2 is 1.65 bits per heavy atom. The SMILES string of the molecule is CC[C@H](O)C[C@@H]1O[C@@]2(CC[C@@H]1C)C[C@@H]1OC(=O)/C=C/[C@](C)(O)[C@@H](O)[C@H](C)[C@@H](O)C[C@H](O)[C@](C)(O)CCC/C=C/[C@H]3C[C@H](C)CO[C@]3(O)C[C@@H](O2)[C@H]1C. The fourth-order valence-electron chi connectivity index (χ4n) is 8.35. The fourth-order valence-corrected chi connectivity index (χ4v) is 8.35. The average molecular weight is 741 g/mol. The number of allylic oxidation sites excluding steroid dienone is 1. The minimum Gasteiger partial charge on any atom is -0.459 e. The van der Waals surface area contributed by atoms with Crippen LogP contribution in [-0.2, 0) is 23.7 Å². The molecule has 7 N–H and O–H groups in total. The molecule has 0 amide bonds. The molecule has 0 aliphatic carbocycles. The number of hydrogen-bond donors (Lipinski definition) is 7. The standard InChI is InChI=1S/C40H68O12/c1-8-29(41)19-31-25(3)13-17-39(51-31)21-32-27(5)33(52-39)22-40(48)28(18-24(2)23-49-40)12-10-9-11-15-37(6,46)34(43)20-30(42)26(4)36(45)38(7,47)16-14-35(44)50-32/h10,12,14,16,24-34,36,41-43,45-48H,8-9,11,13,15,17-23H2,1-7H3/b12-10+,16-14+/t24-,25-,26+,27-,28-,29-,30-,31-,32-,33+,34-,36-,37+,38-,39+,40+/m0/s1. The zero-order valence-corrected chi connectivity index (χ0v) is 32.4. The van der Waals surface area contributed by atoms with Gasteiger partial charge >= 0.3 is 5.97 Å². The molecule has 0 saturated carbocycles. The van der Waals surface area contributed by atoms with Gasteiger partial charge in [-0.3, -0.25) is 0 Å². The van der Waals surface area contributed by atoms with Crippen LogP contribution in [0.5, 0.6) is 0 Å². The molecule has 4 rings (SSSR count). The summed E-state index contributed by atoms with van der Waals surface area (Å²) in [5, 5.41) is 77.8. The van der Waals surface area contributed by atoms with Crippen molar-refractivity contribution in [3.8, 4) is 0 Å². The van der Waals surface area contributed by atoms with E-state index in [9.17, 15) is 40.5 Å². The summed E-state index contributed by atoms with van der Waals surface area (Å²) in [6, 6.07) is 0. The van der Waals surface area contributed by atoms with Crippen LogP contribution in [0.2, 0.25) is 0 Å². The minimum absolute atomic E-state index is 0.0880. The summed E-state index contributed by atoms with van der Waals surface area (Å²) in [6.07, 6.45) is 4.21. The maximum absolute atomic E-state index is 13.4. The third kappa shape index (κ3) is 10.6. The molecule has 4 aliphatic rings. The van der Waals surface area contributed by atoms with E-state index >= 15 is 0 Å². The van der Waals surface area contributed by atoms with Gasteiger partial charge in [0.1, 0.15) is 11.7 Å². The Balaban J connectivity index is 1.69. The van der Waals surface area contributed by atoms with Crippen molar-refractivity contribution in [2.45, 2.75) is 185 Å². The first kappa shape index (κ1) is 43.3. The zero-order valence-electron chi connectivity index (χ0n) is 32.4. The Morgan fingerprint density at radius 3 is 2.35 bits per heavy atom. The number of aliphatic hydroxyl groups excluding tert-OH is 4. The van der Waals surface area contributed by atoms with Gasteiger partial charge < -0.3 is 54.7 Å². The highest BCUT2D eigenvalue weighted by Gasteiger charge is 2.54. The van der Waals surface area contributed by atoms with E-state index in [0.29, 0.717) is 45.1 Å². The van der Waals surface area contributed by atoms with Crippen LogP contribution in [0, 0.1) is 29.6 Å². The highest BCUT2D eigenvalue weighted by atomic mass is 16.7. The largest absolute Gasteiger partial charge is 0.459 e. The second kappa shape index (κ2) is 17.6. The van der Waals surface area contributed by atoms with E-state index in [4.69, 9.17) is 18.9 Å². The number of hydrogen-bond acceptors (Lipinski definition) is 12. The van der Waals surface area contributed by atoms with Gasteiger partial charge in [-0.05, 0) is 76.7 Å². The molecule has 0 aromatic heterocycles. The molecule has 52 heavy (non-hydrogen) atoms. The van der Waals surface area contributed by atoms with Crippen molar-refractivity contribution in [1.29, 1.82) is 0 Å². The van der Waals surface area contributed by atoms with E-state index in [1.54, 1.807) is 0 Å². The summed E-state index contributed by atoms with van der Waals surface area (Å²) < 4.78 is 25.8. The highest BCUT2D eigenvalue weighted by molar-refractivity contribution is 5.82. The Labute approximate surface area is 310 Å². The number of aliphatic hydroxyl groups is 7. The Morgan fingerprint density at radius 1 is 0.942 bits per heavy atom. The molecule has 300 valence electrons. The van der Waals surface area contributed by atoms with E-state index in [1.165, 1.54) is 20.8 Å². The van der Waals surface area contributed by atoms with E-state index < -0.39 is 77.2 Å². The van der Waals surface area contributed by atoms with Crippen LogP contribution >= 0.6 is 0 Å². The quantitative estimate of drug-likeness (QED) is 0.164. The van der Waals surface area contributed by atoms with Crippen molar-refractivity contribution in [3.05, 3.63) is 24.3 Å². The summed E-state index contributed by atoms with van der Waals surface area (Å²) in [7, 11) is 0. The highest BCUT2D eigenvalue weighted by Crippen LogP contribution is 2.48. The number of ether oxygens (including phenoxy) is 4. The van der Waals surface area contributed by atoms with Crippen molar-refractivity contribution in [1.82, 2.24) is 0 Å².